The standard InChI is InChI=1S/C27H20O5/c1-16-10-17(2)26-19(12-25(28)32-24(26)11-16)14-30-20-8-9-21-23(13-20)31-15-22(27(21)29)18-6-4-3-5-7-18/h3-13,15H,14H2,1-2H3. The molecule has 0 aliphatic rings. The number of aryl methyl sites for hydroxylation is 2. The maximum atomic E-state index is 12.9. The summed E-state index contributed by atoms with van der Waals surface area (Å²) in [7, 11) is 0. The first kappa shape index (κ1) is 19.8. The van der Waals surface area contributed by atoms with Crippen LogP contribution in [0.2, 0.25) is 0 Å². The van der Waals surface area contributed by atoms with Gasteiger partial charge in [-0.2, -0.15) is 0 Å². The van der Waals surface area contributed by atoms with E-state index in [4.69, 9.17) is 13.6 Å². The second-order valence-electron chi connectivity index (χ2n) is 7.84. The molecule has 0 N–H and O–H groups in total. The maximum absolute atomic E-state index is 12.9. The number of hydrogen-bond donors (Lipinski definition) is 0. The third kappa shape index (κ3) is 3.58. The van der Waals surface area contributed by atoms with Crippen molar-refractivity contribution in [1.82, 2.24) is 0 Å². The van der Waals surface area contributed by atoms with Gasteiger partial charge in [0.25, 0.3) is 0 Å². The van der Waals surface area contributed by atoms with Gasteiger partial charge in [0.2, 0.25) is 0 Å². The van der Waals surface area contributed by atoms with E-state index in [2.05, 4.69) is 0 Å². The minimum atomic E-state index is -0.418. The van der Waals surface area contributed by atoms with Crippen LogP contribution in [0.4, 0.5) is 0 Å². The van der Waals surface area contributed by atoms with Crippen LogP contribution in [0.3, 0.4) is 0 Å². The second-order valence-corrected chi connectivity index (χ2v) is 7.84. The quantitative estimate of drug-likeness (QED) is 0.343. The van der Waals surface area contributed by atoms with Gasteiger partial charge in [0.15, 0.2) is 5.43 Å². The first-order valence-corrected chi connectivity index (χ1v) is 10.3. The number of hydrogen-bond acceptors (Lipinski definition) is 5. The molecular formula is C27H20O5. The zero-order chi connectivity index (χ0) is 22.2. The van der Waals surface area contributed by atoms with Crippen molar-refractivity contribution in [2.75, 3.05) is 0 Å². The first-order chi connectivity index (χ1) is 15.5. The Labute approximate surface area is 183 Å². The average molecular weight is 424 g/mol. The SMILES string of the molecule is Cc1cc(C)c2c(COc3ccc4c(=O)c(-c5ccccc5)coc4c3)cc(=O)oc2c1. The van der Waals surface area contributed by atoms with Crippen molar-refractivity contribution in [1.29, 1.82) is 0 Å². The molecule has 0 bridgehead atoms. The first-order valence-electron chi connectivity index (χ1n) is 10.3. The van der Waals surface area contributed by atoms with Gasteiger partial charge >= 0.3 is 5.63 Å². The fraction of sp³-hybridized carbons (Fsp3) is 0.111. The summed E-state index contributed by atoms with van der Waals surface area (Å²) in [6, 6.07) is 19.9. The molecule has 0 unspecified atom stereocenters. The third-order valence-corrected chi connectivity index (χ3v) is 5.49. The summed E-state index contributed by atoms with van der Waals surface area (Å²) in [5, 5.41) is 1.35. The highest BCUT2D eigenvalue weighted by molar-refractivity contribution is 5.85. The third-order valence-electron chi connectivity index (χ3n) is 5.49. The Morgan fingerprint density at radius 3 is 2.50 bits per heavy atom. The number of benzene rings is 3. The fourth-order valence-corrected chi connectivity index (χ4v) is 4.06. The molecule has 5 nitrogen and oxygen atoms in total. The van der Waals surface area contributed by atoms with Gasteiger partial charge < -0.3 is 13.6 Å². The van der Waals surface area contributed by atoms with E-state index >= 15 is 0 Å². The van der Waals surface area contributed by atoms with E-state index in [0.717, 1.165) is 27.6 Å². The molecular weight excluding hydrogens is 404 g/mol. The minimum Gasteiger partial charge on any atom is -0.489 e. The highest BCUT2D eigenvalue weighted by Gasteiger charge is 2.12. The summed E-state index contributed by atoms with van der Waals surface area (Å²) in [5.74, 6) is 0.541. The van der Waals surface area contributed by atoms with Crippen molar-refractivity contribution in [3.05, 3.63) is 110 Å². The molecule has 158 valence electrons. The van der Waals surface area contributed by atoms with Crippen LogP contribution < -0.4 is 15.8 Å². The van der Waals surface area contributed by atoms with Crippen LogP contribution >= 0.6 is 0 Å². The lowest BCUT2D eigenvalue weighted by Crippen LogP contribution is -2.06. The van der Waals surface area contributed by atoms with Crippen molar-refractivity contribution in [3.8, 4) is 16.9 Å². The molecule has 0 saturated carbocycles. The molecule has 0 amide bonds. The van der Waals surface area contributed by atoms with Crippen LogP contribution in [0.15, 0.2) is 91.4 Å². The average Bonchev–Trinajstić information content (AvgIpc) is 2.77. The number of fused-ring (bicyclic) bond motifs is 2. The van der Waals surface area contributed by atoms with Gasteiger partial charge in [-0.1, -0.05) is 36.4 Å². The highest BCUT2D eigenvalue weighted by Crippen LogP contribution is 2.26. The molecule has 0 radical (unpaired) electrons. The van der Waals surface area contributed by atoms with Gasteiger partial charge in [0, 0.05) is 23.1 Å². The Hall–Kier alpha value is -4.12. The Morgan fingerprint density at radius 1 is 0.875 bits per heavy atom. The van der Waals surface area contributed by atoms with Crippen LogP contribution in [-0.2, 0) is 6.61 Å². The predicted octanol–water partition coefficient (Wildman–Crippen LogP) is 5.76. The van der Waals surface area contributed by atoms with E-state index in [1.807, 2.05) is 56.3 Å². The van der Waals surface area contributed by atoms with Crippen LogP contribution in [-0.4, -0.2) is 0 Å². The lowest BCUT2D eigenvalue weighted by Gasteiger charge is -2.11. The molecule has 0 aliphatic heterocycles. The lowest BCUT2D eigenvalue weighted by atomic mass is 10.0. The van der Waals surface area contributed by atoms with E-state index < -0.39 is 5.63 Å². The van der Waals surface area contributed by atoms with E-state index in [1.165, 1.54) is 12.3 Å². The Morgan fingerprint density at radius 2 is 1.69 bits per heavy atom. The smallest absolute Gasteiger partial charge is 0.336 e. The lowest BCUT2D eigenvalue weighted by molar-refractivity contribution is 0.306. The summed E-state index contributed by atoms with van der Waals surface area (Å²) in [4.78, 5) is 24.9. The molecule has 0 atom stereocenters. The largest absolute Gasteiger partial charge is 0.489 e. The van der Waals surface area contributed by atoms with Gasteiger partial charge in [-0.3, -0.25) is 4.79 Å². The van der Waals surface area contributed by atoms with Gasteiger partial charge in [0.1, 0.15) is 29.8 Å². The Kier molecular flexibility index (Phi) is 4.86. The zero-order valence-electron chi connectivity index (χ0n) is 17.7. The summed E-state index contributed by atoms with van der Waals surface area (Å²) >= 11 is 0. The van der Waals surface area contributed by atoms with E-state index in [-0.39, 0.29) is 12.0 Å². The van der Waals surface area contributed by atoms with Crippen LogP contribution in [0.25, 0.3) is 33.1 Å². The normalized spacial score (nSPS) is 11.2. The molecule has 5 aromatic rings. The molecule has 5 heteroatoms. The molecule has 3 aromatic carbocycles. The predicted molar refractivity (Wildman–Crippen MR) is 124 cm³/mol. The summed E-state index contributed by atoms with van der Waals surface area (Å²) in [6.07, 6.45) is 1.48. The van der Waals surface area contributed by atoms with Crippen molar-refractivity contribution < 1.29 is 13.6 Å². The molecule has 0 saturated heterocycles. The van der Waals surface area contributed by atoms with Gasteiger partial charge in [-0.05, 0) is 48.7 Å². The van der Waals surface area contributed by atoms with Crippen molar-refractivity contribution >= 4 is 21.9 Å². The Balaban J connectivity index is 1.48. The minimum absolute atomic E-state index is 0.0957. The van der Waals surface area contributed by atoms with Crippen LogP contribution in [0.1, 0.15) is 16.7 Å². The highest BCUT2D eigenvalue weighted by atomic mass is 16.5. The number of ether oxygens (including phenoxy) is 1. The summed E-state index contributed by atoms with van der Waals surface area (Å²) in [6.45, 7) is 4.12. The summed E-state index contributed by atoms with van der Waals surface area (Å²) in [5.41, 5.74) is 4.58. The van der Waals surface area contributed by atoms with E-state index in [1.54, 1.807) is 18.2 Å². The van der Waals surface area contributed by atoms with Gasteiger partial charge in [-0.15, -0.1) is 0 Å². The number of rotatable bonds is 4. The Bertz CT molecular complexity index is 1580. The molecule has 0 fully saturated rings. The molecule has 32 heavy (non-hydrogen) atoms. The van der Waals surface area contributed by atoms with Crippen molar-refractivity contribution in [2.24, 2.45) is 0 Å². The zero-order valence-corrected chi connectivity index (χ0v) is 17.7. The second kappa shape index (κ2) is 7.85. The van der Waals surface area contributed by atoms with Gasteiger partial charge in [-0.25, -0.2) is 4.79 Å². The van der Waals surface area contributed by atoms with Crippen molar-refractivity contribution in [3.63, 3.8) is 0 Å². The van der Waals surface area contributed by atoms with Crippen LogP contribution in [0.5, 0.6) is 5.75 Å². The van der Waals surface area contributed by atoms with Crippen LogP contribution in [0, 0.1) is 13.8 Å². The molecule has 5 rings (SSSR count). The molecule has 2 heterocycles. The maximum Gasteiger partial charge on any atom is 0.336 e. The fourth-order valence-electron chi connectivity index (χ4n) is 4.06. The van der Waals surface area contributed by atoms with Crippen molar-refractivity contribution in [2.45, 2.75) is 20.5 Å². The van der Waals surface area contributed by atoms with E-state index in [9.17, 15) is 9.59 Å². The monoisotopic (exact) mass is 424 g/mol. The summed E-state index contributed by atoms with van der Waals surface area (Å²) < 4.78 is 17.1. The molecule has 0 aliphatic carbocycles. The van der Waals surface area contributed by atoms with Gasteiger partial charge in [0.05, 0.1) is 10.9 Å². The topological polar surface area (TPSA) is 69.7 Å². The molecule has 2 aromatic heterocycles. The van der Waals surface area contributed by atoms with E-state index in [0.29, 0.717) is 27.9 Å². The molecule has 0 spiro atoms.